The number of amides is 1. The summed E-state index contributed by atoms with van der Waals surface area (Å²) in [6, 6.07) is 16.0. The number of benzene rings is 1. The smallest absolute Gasteiger partial charge is 0.224 e. The van der Waals surface area contributed by atoms with Gasteiger partial charge >= 0.3 is 0 Å². The summed E-state index contributed by atoms with van der Waals surface area (Å²) in [6.45, 7) is 7.83. The molecular weight excluding hydrogens is 438 g/mol. The van der Waals surface area contributed by atoms with Gasteiger partial charge in [-0.2, -0.15) is 0 Å². The molecule has 0 radical (unpaired) electrons. The van der Waals surface area contributed by atoms with Crippen molar-refractivity contribution in [1.82, 2.24) is 19.7 Å². The Morgan fingerprint density at radius 2 is 1.89 bits per heavy atom. The molecule has 0 aliphatic carbocycles. The molecule has 0 saturated heterocycles. The van der Waals surface area contributed by atoms with Crippen molar-refractivity contribution < 1.29 is 9.32 Å². The van der Waals surface area contributed by atoms with Crippen LogP contribution in [0.5, 0.6) is 0 Å². The molecule has 4 aromatic heterocycles. The third-order valence-electron chi connectivity index (χ3n) is 6.32. The fourth-order valence-electron chi connectivity index (χ4n) is 4.44. The number of nitrogens with zero attached hydrogens (tertiary/aromatic N) is 4. The molecule has 0 fully saturated rings. The van der Waals surface area contributed by atoms with Gasteiger partial charge in [0.15, 0.2) is 0 Å². The second kappa shape index (κ2) is 9.18. The van der Waals surface area contributed by atoms with E-state index in [2.05, 4.69) is 39.2 Å². The van der Waals surface area contributed by atoms with Gasteiger partial charge in [0, 0.05) is 47.4 Å². The standard InChI is InChI=1S/C28H27N5O2/c1-5-26(34)31-22-11-9-20(10-12-22)23-16-33(18(3)24-8-6-7-13-29-24)25-14-21(15-30-28(23)25)27-17(2)32-35-19(27)4/h6-16,18H,5H2,1-4H3,(H,31,34)/t18-/m0/s1. The molecule has 4 heterocycles. The summed E-state index contributed by atoms with van der Waals surface area (Å²) in [4.78, 5) is 21.2. The summed E-state index contributed by atoms with van der Waals surface area (Å²) in [7, 11) is 0. The lowest BCUT2D eigenvalue weighted by molar-refractivity contribution is -0.115. The van der Waals surface area contributed by atoms with Gasteiger partial charge in [-0.3, -0.25) is 14.8 Å². The Morgan fingerprint density at radius 1 is 1.09 bits per heavy atom. The molecule has 1 aromatic carbocycles. The van der Waals surface area contributed by atoms with Crippen LogP contribution in [0.3, 0.4) is 0 Å². The van der Waals surface area contributed by atoms with Gasteiger partial charge in [-0.05, 0) is 56.7 Å². The van der Waals surface area contributed by atoms with Gasteiger partial charge in [0.05, 0.1) is 28.5 Å². The van der Waals surface area contributed by atoms with E-state index < -0.39 is 0 Å². The summed E-state index contributed by atoms with van der Waals surface area (Å²) >= 11 is 0. The minimum atomic E-state index is -0.00735. The Labute approximate surface area is 203 Å². The molecule has 7 nitrogen and oxygen atoms in total. The minimum absolute atomic E-state index is 0.00251. The molecular formula is C28H27N5O2. The largest absolute Gasteiger partial charge is 0.361 e. The molecule has 35 heavy (non-hydrogen) atoms. The van der Waals surface area contributed by atoms with Crippen LogP contribution in [-0.2, 0) is 4.79 Å². The minimum Gasteiger partial charge on any atom is -0.361 e. The number of anilines is 1. The molecule has 0 saturated carbocycles. The summed E-state index contributed by atoms with van der Waals surface area (Å²) in [5, 5.41) is 7.02. The maximum atomic E-state index is 11.8. The third-order valence-corrected chi connectivity index (χ3v) is 6.32. The zero-order valence-corrected chi connectivity index (χ0v) is 20.2. The summed E-state index contributed by atoms with van der Waals surface area (Å²) in [5.41, 5.74) is 8.45. The third kappa shape index (κ3) is 4.21. The molecule has 176 valence electrons. The highest BCUT2D eigenvalue weighted by atomic mass is 16.5. The lowest BCUT2D eigenvalue weighted by Crippen LogP contribution is -2.09. The van der Waals surface area contributed by atoms with E-state index in [4.69, 9.17) is 9.51 Å². The number of fused-ring (bicyclic) bond motifs is 1. The lowest BCUT2D eigenvalue weighted by atomic mass is 10.0. The van der Waals surface area contributed by atoms with E-state index in [-0.39, 0.29) is 11.9 Å². The normalized spacial score (nSPS) is 12.1. The monoisotopic (exact) mass is 465 g/mol. The molecule has 1 amide bonds. The highest BCUT2D eigenvalue weighted by molar-refractivity contribution is 5.96. The Bertz CT molecular complexity index is 1480. The Kier molecular flexibility index (Phi) is 5.91. The van der Waals surface area contributed by atoms with Crippen LogP contribution < -0.4 is 5.32 Å². The Hall–Kier alpha value is -4.26. The first kappa shape index (κ1) is 22.5. The van der Waals surface area contributed by atoms with Crippen molar-refractivity contribution in [2.45, 2.75) is 40.2 Å². The van der Waals surface area contributed by atoms with Crippen LogP contribution in [-0.4, -0.2) is 25.6 Å². The number of carbonyl (C=O) groups excluding carboxylic acids is 1. The van der Waals surface area contributed by atoms with Gasteiger partial charge in [0.1, 0.15) is 5.76 Å². The zero-order chi connectivity index (χ0) is 24.5. The van der Waals surface area contributed by atoms with E-state index in [1.54, 1.807) is 0 Å². The number of aryl methyl sites for hydroxylation is 2. The summed E-state index contributed by atoms with van der Waals surface area (Å²) < 4.78 is 7.62. The molecule has 0 bridgehead atoms. The van der Waals surface area contributed by atoms with Gasteiger partial charge in [0.25, 0.3) is 0 Å². The van der Waals surface area contributed by atoms with Crippen molar-refractivity contribution in [1.29, 1.82) is 0 Å². The average molecular weight is 466 g/mol. The fraction of sp³-hybridized carbons (Fsp3) is 0.214. The fourth-order valence-corrected chi connectivity index (χ4v) is 4.44. The van der Waals surface area contributed by atoms with Crippen LogP contribution in [0.25, 0.3) is 33.3 Å². The molecule has 0 aliphatic rings. The first-order chi connectivity index (χ1) is 17.0. The number of hydrogen-bond donors (Lipinski definition) is 1. The second-order valence-electron chi connectivity index (χ2n) is 8.65. The molecule has 0 unspecified atom stereocenters. The van der Waals surface area contributed by atoms with Crippen LogP contribution >= 0.6 is 0 Å². The first-order valence-electron chi connectivity index (χ1n) is 11.7. The second-order valence-corrected chi connectivity index (χ2v) is 8.65. The molecule has 5 aromatic rings. The van der Waals surface area contributed by atoms with Crippen molar-refractivity contribution >= 4 is 22.6 Å². The van der Waals surface area contributed by atoms with E-state index in [1.807, 2.05) is 75.6 Å². The van der Waals surface area contributed by atoms with E-state index in [9.17, 15) is 4.79 Å². The number of pyridine rings is 2. The average Bonchev–Trinajstić information content (AvgIpc) is 3.43. The van der Waals surface area contributed by atoms with Crippen molar-refractivity contribution in [3.8, 4) is 22.3 Å². The Morgan fingerprint density at radius 3 is 2.54 bits per heavy atom. The van der Waals surface area contributed by atoms with Crippen molar-refractivity contribution in [2.75, 3.05) is 5.32 Å². The molecule has 5 rings (SSSR count). The SMILES string of the molecule is CCC(=O)Nc1ccc(-c2cn([C@@H](C)c3ccccn3)c3cc(-c4c(C)noc4C)cnc23)cc1. The number of rotatable bonds is 6. The first-order valence-corrected chi connectivity index (χ1v) is 11.7. The predicted molar refractivity (Wildman–Crippen MR) is 137 cm³/mol. The maximum absolute atomic E-state index is 11.8. The molecule has 7 heteroatoms. The van der Waals surface area contributed by atoms with Crippen molar-refractivity contribution in [3.63, 3.8) is 0 Å². The molecule has 1 N–H and O–H groups in total. The van der Waals surface area contributed by atoms with E-state index >= 15 is 0 Å². The molecule has 0 aliphatic heterocycles. The van der Waals surface area contributed by atoms with Gasteiger partial charge in [-0.25, -0.2) is 0 Å². The Balaban J connectivity index is 1.65. The maximum Gasteiger partial charge on any atom is 0.224 e. The summed E-state index contributed by atoms with van der Waals surface area (Å²) in [5.74, 6) is 0.761. The molecule has 1 atom stereocenters. The highest BCUT2D eigenvalue weighted by Gasteiger charge is 2.20. The number of nitrogens with one attached hydrogen (secondary N) is 1. The highest BCUT2D eigenvalue weighted by Crippen LogP contribution is 2.36. The van der Waals surface area contributed by atoms with Gasteiger partial charge in [0.2, 0.25) is 5.91 Å². The van der Waals surface area contributed by atoms with Crippen molar-refractivity contribution in [2.24, 2.45) is 0 Å². The van der Waals surface area contributed by atoms with Crippen molar-refractivity contribution in [3.05, 3.63) is 84.3 Å². The van der Waals surface area contributed by atoms with Crippen LogP contribution in [0, 0.1) is 13.8 Å². The van der Waals surface area contributed by atoms with Crippen LogP contribution in [0.2, 0.25) is 0 Å². The van der Waals surface area contributed by atoms with E-state index in [0.29, 0.717) is 6.42 Å². The van der Waals surface area contributed by atoms with E-state index in [0.717, 1.165) is 56.1 Å². The topological polar surface area (TPSA) is 85.8 Å². The predicted octanol–water partition coefficient (Wildman–Crippen LogP) is 6.33. The number of carbonyl (C=O) groups is 1. The number of aromatic nitrogens is 4. The van der Waals surface area contributed by atoms with Gasteiger partial charge < -0.3 is 14.4 Å². The summed E-state index contributed by atoms with van der Waals surface area (Å²) in [6.07, 6.45) is 6.27. The number of hydrogen-bond acceptors (Lipinski definition) is 5. The van der Waals surface area contributed by atoms with Crippen LogP contribution in [0.15, 0.2) is 71.6 Å². The lowest BCUT2D eigenvalue weighted by Gasteiger charge is -2.15. The zero-order valence-electron chi connectivity index (χ0n) is 20.2. The molecule has 0 spiro atoms. The van der Waals surface area contributed by atoms with Crippen LogP contribution in [0.4, 0.5) is 5.69 Å². The quantitative estimate of drug-likeness (QED) is 0.317. The van der Waals surface area contributed by atoms with E-state index in [1.165, 1.54) is 0 Å². The van der Waals surface area contributed by atoms with Crippen LogP contribution in [0.1, 0.15) is 43.5 Å². The van der Waals surface area contributed by atoms with Gasteiger partial charge in [-0.1, -0.05) is 30.3 Å². The van der Waals surface area contributed by atoms with Gasteiger partial charge in [-0.15, -0.1) is 0 Å².